The lowest BCUT2D eigenvalue weighted by Gasteiger charge is -2.45. The fraction of sp³-hybridized carbons (Fsp3) is 0.294. The highest BCUT2D eigenvalue weighted by atomic mass is 31.2. The minimum Gasteiger partial charge on any atom is -0.395 e. The van der Waals surface area contributed by atoms with Crippen molar-refractivity contribution in [3.05, 3.63) is 71.8 Å². The molecule has 0 aliphatic heterocycles. The maximum atomic E-state index is 11.4. The lowest BCUT2D eigenvalue weighted by atomic mass is 9.66. The topological polar surface area (TPSA) is 165 Å². The normalized spacial score (nSPS) is 12.6. The van der Waals surface area contributed by atoms with E-state index in [1.165, 1.54) is 0 Å². The summed E-state index contributed by atoms with van der Waals surface area (Å²) in [4.78, 5) is 15.3. The zero-order valence-corrected chi connectivity index (χ0v) is 16.5. The number of hydrogen-bond donors (Lipinski definition) is 6. The highest BCUT2D eigenvalue weighted by Gasteiger charge is 2.52. The highest BCUT2D eigenvalue weighted by molar-refractivity contribution is 7.46. The fourth-order valence-corrected chi connectivity index (χ4v) is 3.17. The second-order valence-electron chi connectivity index (χ2n) is 5.75. The second kappa shape index (κ2) is 11.4. The Hall–Kier alpha value is -1.64. The third-order valence-electron chi connectivity index (χ3n) is 4.20. The Morgan fingerprint density at radius 1 is 0.714 bits per heavy atom. The molecule has 152 valence electrons. The first-order valence-corrected chi connectivity index (χ1v) is 10.2. The van der Waals surface area contributed by atoms with E-state index in [-0.39, 0.29) is 0 Å². The zero-order chi connectivity index (χ0) is 21.2. The van der Waals surface area contributed by atoms with Crippen LogP contribution in [0, 0.1) is 5.41 Å². The summed E-state index contributed by atoms with van der Waals surface area (Å²) in [6.07, 6.45) is 0. The van der Waals surface area contributed by atoms with E-state index in [4.69, 9.17) is 9.79 Å². The predicted octanol–water partition coefficient (Wildman–Crippen LogP) is 1.19. The SMILES string of the molecule is O=[P+](O)O[P+](=O)O.OCC(CO)(CO)C(O)(c1ccccc1)c1ccccc1. The molecule has 2 aromatic carbocycles. The Kier molecular flexibility index (Phi) is 9.92. The third kappa shape index (κ3) is 5.68. The van der Waals surface area contributed by atoms with Crippen molar-refractivity contribution in [2.24, 2.45) is 5.41 Å². The maximum absolute atomic E-state index is 11.4. The van der Waals surface area contributed by atoms with E-state index in [9.17, 15) is 29.6 Å². The van der Waals surface area contributed by atoms with Gasteiger partial charge < -0.3 is 20.4 Å². The lowest BCUT2D eigenvalue weighted by molar-refractivity contribution is -0.136. The van der Waals surface area contributed by atoms with Crippen molar-refractivity contribution in [3.63, 3.8) is 0 Å². The predicted molar refractivity (Wildman–Crippen MR) is 100 cm³/mol. The quantitative estimate of drug-likeness (QED) is 0.336. The Balaban J connectivity index is 0.000000480. The number of aliphatic hydroxyl groups is 4. The van der Waals surface area contributed by atoms with Gasteiger partial charge in [0.15, 0.2) is 4.31 Å². The van der Waals surface area contributed by atoms with Gasteiger partial charge in [-0.05, 0) is 11.1 Å². The molecule has 0 heterocycles. The molecule has 0 saturated heterocycles. The molecule has 9 nitrogen and oxygen atoms in total. The van der Waals surface area contributed by atoms with Crippen LogP contribution in [0.3, 0.4) is 0 Å². The Bertz CT molecular complexity index is 692. The van der Waals surface area contributed by atoms with Crippen molar-refractivity contribution in [2.75, 3.05) is 19.8 Å². The van der Waals surface area contributed by atoms with Crippen molar-refractivity contribution in [3.8, 4) is 0 Å². The Morgan fingerprint density at radius 3 is 1.25 bits per heavy atom. The summed E-state index contributed by atoms with van der Waals surface area (Å²) < 4.78 is 22.2. The van der Waals surface area contributed by atoms with Gasteiger partial charge in [0.25, 0.3) is 0 Å². The summed E-state index contributed by atoms with van der Waals surface area (Å²) in [6.45, 7) is -1.67. The second-order valence-corrected chi connectivity index (χ2v) is 7.36. The van der Waals surface area contributed by atoms with Crippen LogP contribution in [0.15, 0.2) is 60.7 Å². The minimum atomic E-state index is -2.92. The smallest absolute Gasteiger partial charge is 0.395 e. The summed E-state index contributed by atoms with van der Waals surface area (Å²) in [5.41, 5.74) is -2.18. The molecule has 0 spiro atoms. The molecule has 0 fully saturated rings. The van der Waals surface area contributed by atoms with Gasteiger partial charge in [-0.2, -0.15) is 0 Å². The lowest BCUT2D eigenvalue weighted by Crippen LogP contribution is -2.54. The summed E-state index contributed by atoms with van der Waals surface area (Å²) in [7, 11) is -5.85. The first-order valence-electron chi connectivity index (χ1n) is 7.93. The summed E-state index contributed by atoms with van der Waals surface area (Å²) in [6, 6.07) is 17.5. The number of hydrogen-bond acceptors (Lipinski definition) is 7. The summed E-state index contributed by atoms with van der Waals surface area (Å²) in [5, 5.41) is 40.6. The highest BCUT2D eigenvalue weighted by Crippen LogP contribution is 2.44. The molecule has 28 heavy (non-hydrogen) atoms. The van der Waals surface area contributed by atoms with Gasteiger partial charge in [-0.25, -0.2) is 0 Å². The molecule has 2 aromatic rings. The Labute approximate surface area is 163 Å². The number of aliphatic hydroxyl groups excluding tert-OH is 3. The molecule has 6 N–H and O–H groups in total. The molecule has 0 bridgehead atoms. The molecular weight excluding hydrogens is 410 g/mol. The summed E-state index contributed by atoms with van der Waals surface area (Å²) in [5.74, 6) is 0. The van der Waals surface area contributed by atoms with Crippen LogP contribution >= 0.6 is 16.5 Å². The molecule has 0 aromatic heterocycles. The van der Waals surface area contributed by atoms with Crippen LogP contribution in [0.5, 0.6) is 0 Å². The van der Waals surface area contributed by atoms with Crippen molar-refractivity contribution in [2.45, 2.75) is 5.60 Å². The molecule has 2 atom stereocenters. The average molecular weight is 432 g/mol. The molecule has 2 rings (SSSR count). The van der Waals surface area contributed by atoms with Crippen LogP contribution in [-0.2, 0) is 19.0 Å². The maximum Gasteiger partial charge on any atom is 0.745 e. The van der Waals surface area contributed by atoms with Gasteiger partial charge >= 0.3 is 16.5 Å². The third-order valence-corrected chi connectivity index (χ3v) is 5.32. The van der Waals surface area contributed by atoms with E-state index < -0.39 is 47.3 Å². The van der Waals surface area contributed by atoms with Crippen LogP contribution in [0.25, 0.3) is 0 Å². The fourth-order valence-electron chi connectivity index (χ4n) is 2.69. The number of rotatable bonds is 8. The van der Waals surface area contributed by atoms with Crippen LogP contribution in [0.1, 0.15) is 11.1 Å². The molecule has 0 aliphatic carbocycles. The van der Waals surface area contributed by atoms with Gasteiger partial charge in [-0.1, -0.05) is 60.7 Å². The van der Waals surface area contributed by atoms with Crippen LogP contribution in [-0.4, -0.2) is 50.0 Å². The van der Waals surface area contributed by atoms with Crippen molar-refractivity contribution >= 4 is 16.5 Å². The monoisotopic (exact) mass is 432 g/mol. The van der Waals surface area contributed by atoms with Gasteiger partial charge in [-0.3, -0.25) is 0 Å². The van der Waals surface area contributed by atoms with E-state index in [1.807, 2.05) is 12.1 Å². The van der Waals surface area contributed by atoms with Crippen LogP contribution < -0.4 is 0 Å². The van der Waals surface area contributed by atoms with Crippen molar-refractivity contribution < 1.29 is 43.7 Å². The standard InChI is InChI=1S/C17H20O4.O5P2/c18-11-16(12-19,13-20)17(21,14-7-3-1-4-8-14)15-9-5-2-6-10-15;1-6(2)5-7(3)4/h1-10,18-21H,11-13H2;/p+2. The zero-order valence-electron chi connectivity index (χ0n) is 14.7. The molecule has 2 unspecified atom stereocenters. The van der Waals surface area contributed by atoms with Crippen molar-refractivity contribution in [1.29, 1.82) is 0 Å². The molecule has 0 saturated carbocycles. The Morgan fingerprint density at radius 2 is 1.04 bits per heavy atom. The minimum absolute atomic E-state index is 0.508. The molecule has 0 radical (unpaired) electrons. The van der Waals surface area contributed by atoms with Crippen LogP contribution in [0.4, 0.5) is 0 Å². The molecular formula is C17H22O9P2+2. The van der Waals surface area contributed by atoms with Gasteiger partial charge in [-0.15, -0.1) is 9.79 Å². The van der Waals surface area contributed by atoms with Crippen LogP contribution in [0.2, 0.25) is 0 Å². The molecule has 0 aliphatic rings. The summed E-state index contributed by atoms with van der Waals surface area (Å²) >= 11 is 0. The molecule has 11 heteroatoms. The first kappa shape index (κ1) is 24.4. The number of benzene rings is 2. The molecule has 0 amide bonds. The average Bonchev–Trinajstić information content (AvgIpc) is 2.70. The largest absolute Gasteiger partial charge is 0.745 e. The van der Waals surface area contributed by atoms with E-state index >= 15 is 0 Å². The van der Waals surface area contributed by atoms with Gasteiger partial charge in [0.1, 0.15) is 5.60 Å². The van der Waals surface area contributed by atoms with Gasteiger partial charge in [0.2, 0.25) is 0 Å². The van der Waals surface area contributed by atoms with E-state index in [0.717, 1.165) is 0 Å². The first-order chi connectivity index (χ1) is 13.3. The van der Waals surface area contributed by atoms with E-state index in [0.29, 0.717) is 11.1 Å². The van der Waals surface area contributed by atoms with E-state index in [1.54, 1.807) is 48.5 Å². The van der Waals surface area contributed by atoms with E-state index in [2.05, 4.69) is 4.31 Å². The van der Waals surface area contributed by atoms with Crippen molar-refractivity contribution in [1.82, 2.24) is 0 Å². The van der Waals surface area contributed by atoms with Gasteiger partial charge in [0.05, 0.1) is 25.2 Å². The van der Waals surface area contributed by atoms with Gasteiger partial charge in [0, 0.05) is 9.13 Å².